The number of benzene rings is 1. The Morgan fingerprint density at radius 1 is 1.52 bits per heavy atom. The molecule has 2 N–H and O–H groups in total. The summed E-state index contributed by atoms with van der Waals surface area (Å²) in [7, 11) is 1.32. The molecule has 0 fully saturated rings. The highest BCUT2D eigenvalue weighted by atomic mass is 35.5. The zero-order valence-electron chi connectivity index (χ0n) is 11.9. The number of hydrogen-bond donors (Lipinski definition) is 1. The quantitative estimate of drug-likeness (QED) is 0.628. The maximum Gasteiger partial charge on any atom is 0.413 e. The fourth-order valence-corrected chi connectivity index (χ4v) is 2.63. The number of carbonyl (C=O) groups is 1. The van der Waals surface area contributed by atoms with E-state index < -0.39 is 22.6 Å². The van der Waals surface area contributed by atoms with Gasteiger partial charge in [0.15, 0.2) is 0 Å². The molecule has 122 valence electrons. The van der Waals surface area contributed by atoms with Gasteiger partial charge in [-0.2, -0.15) is 0 Å². The molecule has 2 rings (SSSR count). The van der Waals surface area contributed by atoms with Crippen molar-refractivity contribution in [3.05, 3.63) is 50.1 Å². The van der Waals surface area contributed by atoms with Crippen LogP contribution in [0.15, 0.2) is 24.4 Å². The molecule has 0 aliphatic rings. The minimum absolute atomic E-state index is 0.00645. The molecule has 1 aromatic heterocycles. The van der Waals surface area contributed by atoms with Crippen LogP contribution in [0.25, 0.3) is 0 Å². The highest BCUT2D eigenvalue weighted by molar-refractivity contribution is 6.35. The monoisotopic (exact) mass is 358 g/mol. The lowest BCUT2D eigenvalue weighted by Crippen LogP contribution is -2.25. The van der Waals surface area contributed by atoms with Crippen LogP contribution in [-0.4, -0.2) is 27.5 Å². The van der Waals surface area contributed by atoms with Crippen LogP contribution in [0.4, 0.5) is 5.82 Å². The zero-order valence-corrected chi connectivity index (χ0v) is 13.4. The third-order valence-electron chi connectivity index (χ3n) is 3.16. The molecule has 8 nitrogen and oxygen atoms in total. The van der Waals surface area contributed by atoms with E-state index in [-0.39, 0.29) is 17.6 Å². The van der Waals surface area contributed by atoms with Gasteiger partial charge in [0.1, 0.15) is 6.20 Å². The van der Waals surface area contributed by atoms with E-state index in [0.29, 0.717) is 10.6 Å². The van der Waals surface area contributed by atoms with E-state index in [1.165, 1.54) is 23.9 Å². The molecule has 1 aromatic carbocycles. The van der Waals surface area contributed by atoms with Crippen LogP contribution in [0, 0.1) is 10.1 Å². The standard InChI is InChI=1S/C13H12Cl2N4O4/c1-23-13-17-11(19(21)22)6-18(13)5-9(12(16)20)8-3-2-7(14)4-10(8)15/h2-4,6,9H,5H2,1H3,(H2,16,20). The largest absolute Gasteiger partial charge is 0.449 e. The number of ether oxygens (including phenoxy) is 1. The van der Waals surface area contributed by atoms with Crippen LogP contribution in [0.5, 0.6) is 6.01 Å². The molecule has 0 bridgehead atoms. The number of hydrogen-bond acceptors (Lipinski definition) is 5. The summed E-state index contributed by atoms with van der Waals surface area (Å²) in [5.41, 5.74) is 5.90. The topological polar surface area (TPSA) is 113 Å². The molecule has 2 aromatic rings. The Labute approximate surface area is 140 Å². The molecular weight excluding hydrogens is 347 g/mol. The van der Waals surface area contributed by atoms with Crippen molar-refractivity contribution in [1.82, 2.24) is 9.55 Å². The number of carbonyl (C=O) groups excluding carboxylic acids is 1. The minimum atomic E-state index is -0.831. The van der Waals surface area contributed by atoms with Gasteiger partial charge in [0.2, 0.25) is 5.91 Å². The SMILES string of the molecule is COc1nc([N+](=O)[O-])cn1CC(C(N)=O)c1ccc(Cl)cc1Cl. The second kappa shape index (κ2) is 6.84. The van der Waals surface area contributed by atoms with Crippen LogP contribution in [0.1, 0.15) is 11.5 Å². The number of primary amides is 1. The van der Waals surface area contributed by atoms with Crippen molar-refractivity contribution < 1.29 is 14.5 Å². The van der Waals surface area contributed by atoms with Crippen LogP contribution in [0.3, 0.4) is 0 Å². The summed E-state index contributed by atoms with van der Waals surface area (Å²) >= 11 is 11.9. The van der Waals surface area contributed by atoms with Gasteiger partial charge >= 0.3 is 11.8 Å². The van der Waals surface area contributed by atoms with E-state index >= 15 is 0 Å². The number of nitro groups is 1. The van der Waals surface area contributed by atoms with Crippen molar-refractivity contribution in [2.45, 2.75) is 12.5 Å². The molecule has 0 aliphatic carbocycles. The van der Waals surface area contributed by atoms with Crippen molar-refractivity contribution in [2.75, 3.05) is 7.11 Å². The molecule has 1 atom stereocenters. The van der Waals surface area contributed by atoms with Gasteiger partial charge in [0.25, 0.3) is 0 Å². The summed E-state index contributed by atoms with van der Waals surface area (Å²) in [6.45, 7) is -0.0132. The summed E-state index contributed by atoms with van der Waals surface area (Å²) in [6.07, 6.45) is 1.17. The molecule has 1 amide bonds. The van der Waals surface area contributed by atoms with Gasteiger partial charge in [0.05, 0.1) is 13.0 Å². The van der Waals surface area contributed by atoms with Crippen LogP contribution < -0.4 is 10.5 Å². The predicted molar refractivity (Wildman–Crippen MR) is 83.8 cm³/mol. The first-order chi connectivity index (χ1) is 10.8. The van der Waals surface area contributed by atoms with Gasteiger partial charge in [-0.05, 0) is 22.6 Å². The summed E-state index contributed by atoms with van der Waals surface area (Å²) in [4.78, 5) is 25.7. The molecule has 10 heteroatoms. The van der Waals surface area contributed by atoms with E-state index in [1.807, 2.05) is 0 Å². The predicted octanol–water partition coefficient (Wildman–Crippen LogP) is 2.38. The normalized spacial score (nSPS) is 12.0. The van der Waals surface area contributed by atoms with Crippen molar-refractivity contribution >= 4 is 34.9 Å². The summed E-state index contributed by atoms with van der Waals surface area (Å²) in [5.74, 6) is -1.87. The number of halogens is 2. The second-order valence-electron chi connectivity index (χ2n) is 4.62. The summed E-state index contributed by atoms with van der Waals surface area (Å²) in [5, 5.41) is 11.5. The van der Waals surface area contributed by atoms with Gasteiger partial charge in [-0.15, -0.1) is 0 Å². The molecule has 0 saturated carbocycles. The highest BCUT2D eigenvalue weighted by Crippen LogP contribution is 2.30. The Balaban J connectivity index is 2.41. The van der Waals surface area contributed by atoms with E-state index in [2.05, 4.69) is 4.98 Å². The third kappa shape index (κ3) is 3.72. The van der Waals surface area contributed by atoms with Gasteiger partial charge in [0, 0.05) is 21.6 Å². The molecular formula is C13H12Cl2N4O4. The first kappa shape index (κ1) is 17.0. The zero-order chi connectivity index (χ0) is 17.1. The van der Waals surface area contributed by atoms with E-state index in [1.54, 1.807) is 12.1 Å². The van der Waals surface area contributed by atoms with Crippen molar-refractivity contribution in [2.24, 2.45) is 5.73 Å². The van der Waals surface area contributed by atoms with Gasteiger partial charge in [-0.25, -0.2) is 0 Å². The molecule has 1 unspecified atom stereocenters. The third-order valence-corrected chi connectivity index (χ3v) is 3.72. The molecule has 0 saturated heterocycles. The Hall–Kier alpha value is -2.32. The molecule has 1 heterocycles. The van der Waals surface area contributed by atoms with E-state index in [0.717, 1.165) is 0 Å². The fourth-order valence-electron chi connectivity index (χ4n) is 2.09. The number of imidazole rings is 1. The van der Waals surface area contributed by atoms with Crippen LogP contribution in [-0.2, 0) is 11.3 Å². The Morgan fingerprint density at radius 2 is 2.22 bits per heavy atom. The van der Waals surface area contributed by atoms with Gasteiger partial charge in [-0.3, -0.25) is 9.36 Å². The highest BCUT2D eigenvalue weighted by Gasteiger charge is 2.26. The average molecular weight is 359 g/mol. The van der Waals surface area contributed by atoms with Gasteiger partial charge in [-0.1, -0.05) is 29.3 Å². The Bertz CT molecular complexity index is 762. The molecule has 0 radical (unpaired) electrons. The lowest BCUT2D eigenvalue weighted by atomic mass is 9.98. The summed E-state index contributed by atoms with van der Waals surface area (Å²) < 4.78 is 6.32. The van der Waals surface area contributed by atoms with Gasteiger partial charge < -0.3 is 20.6 Å². The molecule has 23 heavy (non-hydrogen) atoms. The van der Waals surface area contributed by atoms with Crippen molar-refractivity contribution in [3.63, 3.8) is 0 Å². The lowest BCUT2D eigenvalue weighted by molar-refractivity contribution is -0.389. The fraction of sp³-hybridized carbons (Fsp3) is 0.231. The van der Waals surface area contributed by atoms with Crippen LogP contribution >= 0.6 is 23.2 Å². The van der Waals surface area contributed by atoms with Crippen LogP contribution in [0.2, 0.25) is 10.0 Å². The lowest BCUT2D eigenvalue weighted by Gasteiger charge is -2.16. The number of rotatable bonds is 6. The maximum absolute atomic E-state index is 11.8. The number of nitrogens with two attached hydrogens (primary N) is 1. The maximum atomic E-state index is 11.8. The minimum Gasteiger partial charge on any atom is -0.449 e. The molecule has 0 spiro atoms. The average Bonchev–Trinajstić information content (AvgIpc) is 2.88. The first-order valence-corrected chi connectivity index (χ1v) is 7.09. The summed E-state index contributed by atoms with van der Waals surface area (Å²) in [6, 6.07) is 4.64. The number of aromatic nitrogens is 2. The molecule has 0 aliphatic heterocycles. The Morgan fingerprint density at radius 3 is 2.74 bits per heavy atom. The number of methoxy groups -OCH3 is 1. The number of amides is 1. The first-order valence-electron chi connectivity index (χ1n) is 6.33. The van der Waals surface area contributed by atoms with E-state index in [9.17, 15) is 14.9 Å². The van der Waals surface area contributed by atoms with E-state index in [4.69, 9.17) is 33.7 Å². The number of nitrogens with zero attached hydrogens (tertiary/aromatic N) is 3. The van der Waals surface area contributed by atoms with Crippen molar-refractivity contribution in [3.8, 4) is 6.01 Å². The second-order valence-corrected chi connectivity index (χ2v) is 5.46. The van der Waals surface area contributed by atoms with Crippen molar-refractivity contribution in [1.29, 1.82) is 0 Å². The Kier molecular flexibility index (Phi) is 5.07. The smallest absolute Gasteiger partial charge is 0.413 e.